The zero-order chi connectivity index (χ0) is 14.7. The van der Waals surface area contributed by atoms with E-state index in [2.05, 4.69) is 24.3 Å². The number of amides is 1. The standard InChI is InChI=1S/C15H20N4O/c1-10(2)12-6-4-5-7-13(12)18-15(20)14(16)11-8-17-19(3)9-11/h4-10,14H,16H2,1-3H3,(H,18,20). The van der Waals surface area contributed by atoms with E-state index < -0.39 is 6.04 Å². The molecule has 5 nitrogen and oxygen atoms in total. The number of hydrogen-bond donors (Lipinski definition) is 2. The molecular formula is C15H20N4O. The van der Waals surface area contributed by atoms with Crippen molar-refractivity contribution in [2.24, 2.45) is 12.8 Å². The second kappa shape index (κ2) is 5.88. The smallest absolute Gasteiger partial charge is 0.246 e. The van der Waals surface area contributed by atoms with Gasteiger partial charge in [-0.25, -0.2) is 0 Å². The average molecular weight is 272 g/mol. The Morgan fingerprint density at radius 2 is 2.05 bits per heavy atom. The van der Waals surface area contributed by atoms with Crippen molar-refractivity contribution in [1.82, 2.24) is 9.78 Å². The molecule has 1 aromatic carbocycles. The number of para-hydroxylation sites is 1. The average Bonchev–Trinajstić information content (AvgIpc) is 2.84. The summed E-state index contributed by atoms with van der Waals surface area (Å²) in [6.45, 7) is 4.18. The lowest BCUT2D eigenvalue weighted by Gasteiger charge is -2.15. The topological polar surface area (TPSA) is 72.9 Å². The molecule has 0 bridgehead atoms. The molecule has 2 aromatic rings. The minimum atomic E-state index is -0.719. The third-order valence-corrected chi connectivity index (χ3v) is 3.21. The van der Waals surface area contributed by atoms with E-state index >= 15 is 0 Å². The first-order chi connectivity index (χ1) is 9.49. The third kappa shape index (κ3) is 3.05. The van der Waals surface area contributed by atoms with Gasteiger partial charge in [0.15, 0.2) is 0 Å². The van der Waals surface area contributed by atoms with Gasteiger partial charge in [-0.3, -0.25) is 9.48 Å². The number of aromatic nitrogens is 2. The molecule has 20 heavy (non-hydrogen) atoms. The number of aryl methyl sites for hydroxylation is 1. The number of benzene rings is 1. The van der Waals surface area contributed by atoms with E-state index in [0.29, 0.717) is 11.5 Å². The zero-order valence-electron chi connectivity index (χ0n) is 12.0. The van der Waals surface area contributed by atoms with Gasteiger partial charge < -0.3 is 11.1 Å². The van der Waals surface area contributed by atoms with Crippen LogP contribution in [0.2, 0.25) is 0 Å². The van der Waals surface area contributed by atoms with Crippen LogP contribution in [-0.2, 0) is 11.8 Å². The molecule has 3 N–H and O–H groups in total. The van der Waals surface area contributed by atoms with E-state index in [1.54, 1.807) is 24.1 Å². The van der Waals surface area contributed by atoms with Crippen LogP contribution >= 0.6 is 0 Å². The van der Waals surface area contributed by atoms with Crippen molar-refractivity contribution in [3.05, 3.63) is 47.8 Å². The summed E-state index contributed by atoms with van der Waals surface area (Å²) in [6, 6.07) is 7.05. The summed E-state index contributed by atoms with van der Waals surface area (Å²) in [5.74, 6) is 0.104. The number of nitrogens with two attached hydrogens (primary N) is 1. The molecule has 0 aliphatic heterocycles. The SMILES string of the molecule is CC(C)c1ccccc1NC(=O)C(N)c1cnn(C)c1. The molecule has 1 amide bonds. The summed E-state index contributed by atoms with van der Waals surface area (Å²) in [7, 11) is 1.79. The highest BCUT2D eigenvalue weighted by atomic mass is 16.2. The first kappa shape index (κ1) is 14.3. The van der Waals surface area contributed by atoms with Gasteiger partial charge >= 0.3 is 0 Å². The summed E-state index contributed by atoms with van der Waals surface area (Å²) in [5, 5.41) is 6.93. The molecule has 1 aromatic heterocycles. The largest absolute Gasteiger partial charge is 0.324 e. The van der Waals surface area contributed by atoms with Gasteiger partial charge in [-0.05, 0) is 17.5 Å². The summed E-state index contributed by atoms with van der Waals surface area (Å²) in [5.41, 5.74) is 8.57. The number of hydrogen-bond acceptors (Lipinski definition) is 3. The Hall–Kier alpha value is -2.14. The van der Waals surface area contributed by atoms with Crippen LogP contribution in [0.1, 0.15) is 36.9 Å². The highest BCUT2D eigenvalue weighted by Crippen LogP contribution is 2.24. The van der Waals surface area contributed by atoms with E-state index in [4.69, 9.17) is 5.73 Å². The molecule has 1 unspecified atom stereocenters. The van der Waals surface area contributed by atoms with E-state index in [-0.39, 0.29) is 5.91 Å². The summed E-state index contributed by atoms with van der Waals surface area (Å²) in [6.07, 6.45) is 3.36. The molecule has 0 aliphatic rings. The molecule has 2 rings (SSSR count). The van der Waals surface area contributed by atoms with Crippen LogP contribution in [0.3, 0.4) is 0 Å². The van der Waals surface area contributed by atoms with E-state index in [1.165, 1.54) is 0 Å². The van der Waals surface area contributed by atoms with Crippen LogP contribution in [-0.4, -0.2) is 15.7 Å². The lowest BCUT2D eigenvalue weighted by molar-refractivity contribution is -0.117. The van der Waals surface area contributed by atoms with Crippen LogP contribution in [0, 0.1) is 0 Å². The molecule has 0 fully saturated rings. The Morgan fingerprint density at radius 1 is 1.35 bits per heavy atom. The van der Waals surface area contributed by atoms with Crippen molar-refractivity contribution < 1.29 is 4.79 Å². The van der Waals surface area contributed by atoms with Gasteiger partial charge in [-0.15, -0.1) is 0 Å². The van der Waals surface area contributed by atoms with Crippen molar-refractivity contribution >= 4 is 11.6 Å². The molecule has 5 heteroatoms. The lowest BCUT2D eigenvalue weighted by atomic mass is 10.0. The molecular weight excluding hydrogens is 252 g/mol. The minimum Gasteiger partial charge on any atom is -0.324 e. The van der Waals surface area contributed by atoms with Gasteiger partial charge in [0.05, 0.1) is 6.20 Å². The van der Waals surface area contributed by atoms with Crippen LogP contribution in [0.25, 0.3) is 0 Å². The molecule has 106 valence electrons. The van der Waals surface area contributed by atoms with Gasteiger partial charge in [0.1, 0.15) is 6.04 Å². The zero-order valence-corrected chi connectivity index (χ0v) is 12.0. The van der Waals surface area contributed by atoms with E-state index in [0.717, 1.165) is 11.3 Å². The highest BCUT2D eigenvalue weighted by molar-refractivity contribution is 5.96. The number of carbonyl (C=O) groups is 1. The highest BCUT2D eigenvalue weighted by Gasteiger charge is 2.18. The lowest BCUT2D eigenvalue weighted by Crippen LogP contribution is -2.28. The maximum atomic E-state index is 12.2. The Morgan fingerprint density at radius 3 is 2.65 bits per heavy atom. The van der Waals surface area contributed by atoms with Gasteiger partial charge in [0.2, 0.25) is 5.91 Å². The van der Waals surface area contributed by atoms with Crippen LogP contribution < -0.4 is 11.1 Å². The second-order valence-electron chi connectivity index (χ2n) is 5.16. The number of rotatable bonds is 4. The first-order valence-corrected chi connectivity index (χ1v) is 6.63. The number of nitrogens with zero attached hydrogens (tertiary/aromatic N) is 2. The summed E-state index contributed by atoms with van der Waals surface area (Å²) < 4.78 is 1.63. The molecule has 0 aliphatic carbocycles. The predicted molar refractivity (Wildman–Crippen MR) is 79.3 cm³/mol. The molecule has 0 radical (unpaired) electrons. The normalized spacial score (nSPS) is 12.4. The van der Waals surface area contributed by atoms with E-state index in [1.807, 2.05) is 24.3 Å². The van der Waals surface area contributed by atoms with Crippen molar-refractivity contribution in [2.75, 3.05) is 5.32 Å². The Kier molecular flexibility index (Phi) is 4.20. The molecule has 1 heterocycles. The van der Waals surface area contributed by atoms with Crippen molar-refractivity contribution in [3.8, 4) is 0 Å². The first-order valence-electron chi connectivity index (χ1n) is 6.63. The fourth-order valence-corrected chi connectivity index (χ4v) is 2.08. The minimum absolute atomic E-state index is 0.230. The van der Waals surface area contributed by atoms with Crippen LogP contribution in [0.4, 0.5) is 5.69 Å². The van der Waals surface area contributed by atoms with Crippen LogP contribution in [0.5, 0.6) is 0 Å². The monoisotopic (exact) mass is 272 g/mol. The van der Waals surface area contributed by atoms with Crippen molar-refractivity contribution in [3.63, 3.8) is 0 Å². The van der Waals surface area contributed by atoms with Gasteiger partial charge in [0, 0.05) is 24.5 Å². The molecule has 0 saturated heterocycles. The molecule has 0 spiro atoms. The quantitative estimate of drug-likeness (QED) is 0.896. The molecule has 1 atom stereocenters. The van der Waals surface area contributed by atoms with Crippen LogP contribution in [0.15, 0.2) is 36.7 Å². The Balaban J connectivity index is 2.16. The maximum Gasteiger partial charge on any atom is 0.246 e. The predicted octanol–water partition coefficient (Wildman–Crippen LogP) is 2.18. The summed E-state index contributed by atoms with van der Waals surface area (Å²) >= 11 is 0. The van der Waals surface area contributed by atoms with Crippen molar-refractivity contribution in [1.29, 1.82) is 0 Å². The Bertz CT molecular complexity index is 603. The number of carbonyl (C=O) groups excluding carboxylic acids is 1. The van der Waals surface area contributed by atoms with Crippen molar-refractivity contribution in [2.45, 2.75) is 25.8 Å². The van der Waals surface area contributed by atoms with Gasteiger partial charge in [0.25, 0.3) is 0 Å². The third-order valence-electron chi connectivity index (χ3n) is 3.21. The number of nitrogens with one attached hydrogen (secondary N) is 1. The molecule has 0 saturated carbocycles. The van der Waals surface area contributed by atoms with Gasteiger partial charge in [-0.1, -0.05) is 32.0 Å². The summed E-state index contributed by atoms with van der Waals surface area (Å²) in [4.78, 5) is 12.2. The maximum absolute atomic E-state index is 12.2. The Labute approximate surface area is 118 Å². The fraction of sp³-hybridized carbons (Fsp3) is 0.333. The van der Waals surface area contributed by atoms with Gasteiger partial charge in [-0.2, -0.15) is 5.10 Å². The fourth-order valence-electron chi connectivity index (χ4n) is 2.08. The van der Waals surface area contributed by atoms with E-state index in [9.17, 15) is 4.79 Å². The number of anilines is 1. The second-order valence-corrected chi connectivity index (χ2v) is 5.16.